The molecule has 2 heterocycles. The Morgan fingerprint density at radius 3 is 2.72 bits per heavy atom. The lowest BCUT2D eigenvalue weighted by molar-refractivity contribution is 1.24. The van der Waals surface area contributed by atoms with Crippen LogP contribution in [-0.4, -0.2) is 9.97 Å². The highest BCUT2D eigenvalue weighted by atomic mass is 32.1. The number of fused-ring (bicyclic) bond motifs is 1. The topological polar surface area (TPSA) is 51.8 Å². The minimum absolute atomic E-state index is 0.552. The lowest BCUT2D eigenvalue weighted by Gasteiger charge is -2.06. The molecule has 4 heteroatoms. The minimum atomic E-state index is 0.552. The lowest BCUT2D eigenvalue weighted by atomic mass is 9.99. The van der Waals surface area contributed by atoms with E-state index in [-0.39, 0.29) is 0 Å². The van der Waals surface area contributed by atoms with E-state index in [0.29, 0.717) is 5.82 Å². The van der Waals surface area contributed by atoms with Gasteiger partial charge in [0.1, 0.15) is 17.0 Å². The number of rotatable bonds is 1. The highest BCUT2D eigenvalue weighted by molar-refractivity contribution is 7.17. The molecule has 2 N–H and O–H groups in total. The maximum Gasteiger partial charge on any atom is 0.136 e. The van der Waals surface area contributed by atoms with Gasteiger partial charge in [-0.15, -0.1) is 11.3 Å². The maximum absolute atomic E-state index is 5.97. The van der Waals surface area contributed by atoms with Crippen molar-refractivity contribution in [1.82, 2.24) is 9.97 Å². The van der Waals surface area contributed by atoms with E-state index in [1.807, 2.05) is 0 Å². The predicted molar refractivity (Wildman–Crippen MR) is 76.7 cm³/mol. The Hall–Kier alpha value is -1.94. The molecule has 0 spiro atoms. The molecule has 0 radical (unpaired) electrons. The summed E-state index contributed by atoms with van der Waals surface area (Å²) < 4.78 is 0. The molecule has 0 amide bonds. The van der Waals surface area contributed by atoms with Crippen LogP contribution in [0.15, 0.2) is 29.9 Å². The van der Waals surface area contributed by atoms with Gasteiger partial charge in [0.2, 0.25) is 0 Å². The number of thiophene rings is 1. The van der Waals surface area contributed by atoms with Crippen LogP contribution in [0.2, 0.25) is 0 Å². The number of aryl methyl sites for hydroxylation is 2. The molecule has 0 atom stereocenters. The molecular weight excluding hydrogens is 242 g/mol. The van der Waals surface area contributed by atoms with Crippen molar-refractivity contribution in [2.75, 3.05) is 5.73 Å². The van der Waals surface area contributed by atoms with Gasteiger partial charge in [0, 0.05) is 10.9 Å². The van der Waals surface area contributed by atoms with Crippen molar-refractivity contribution in [3.05, 3.63) is 41.0 Å². The normalized spacial score (nSPS) is 11.0. The number of hydrogen-bond donors (Lipinski definition) is 1. The Labute approximate surface area is 109 Å². The van der Waals surface area contributed by atoms with Gasteiger partial charge in [-0.05, 0) is 25.0 Å². The number of anilines is 1. The van der Waals surface area contributed by atoms with Crippen LogP contribution in [0.4, 0.5) is 5.82 Å². The summed E-state index contributed by atoms with van der Waals surface area (Å²) in [7, 11) is 0. The quantitative estimate of drug-likeness (QED) is 0.723. The molecule has 3 nitrogen and oxygen atoms in total. The third-order valence-electron chi connectivity index (χ3n) is 3.07. The second-order valence-corrected chi connectivity index (χ2v) is 5.26. The molecule has 0 aliphatic carbocycles. The van der Waals surface area contributed by atoms with E-state index >= 15 is 0 Å². The van der Waals surface area contributed by atoms with Crippen molar-refractivity contribution in [1.29, 1.82) is 0 Å². The van der Waals surface area contributed by atoms with Crippen molar-refractivity contribution in [2.45, 2.75) is 13.8 Å². The van der Waals surface area contributed by atoms with Gasteiger partial charge in [0.15, 0.2) is 0 Å². The maximum atomic E-state index is 5.97. The Balaban J connectivity index is 2.32. The standard InChI is InChI=1S/C14H13N3S/c1-8-3-4-10(9(2)5-8)11-6-18-14-12(11)13(15)16-7-17-14/h3-7H,1-2H3,(H2,15,16,17). The number of hydrogen-bond acceptors (Lipinski definition) is 4. The average molecular weight is 255 g/mol. The van der Waals surface area contributed by atoms with Crippen LogP contribution in [0.3, 0.4) is 0 Å². The molecule has 18 heavy (non-hydrogen) atoms. The highest BCUT2D eigenvalue weighted by Gasteiger charge is 2.12. The summed E-state index contributed by atoms with van der Waals surface area (Å²) in [6, 6.07) is 6.43. The van der Waals surface area contributed by atoms with Gasteiger partial charge in [-0.2, -0.15) is 0 Å². The number of nitrogens with zero attached hydrogens (tertiary/aromatic N) is 2. The van der Waals surface area contributed by atoms with Gasteiger partial charge in [0.25, 0.3) is 0 Å². The van der Waals surface area contributed by atoms with Gasteiger partial charge in [-0.1, -0.05) is 23.8 Å². The predicted octanol–water partition coefficient (Wildman–Crippen LogP) is 3.56. The van der Waals surface area contributed by atoms with E-state index in [1.54, 1.807) is 11.3 Å². The fourth-order valence-electron chi connectivity index (χ4n) is 2.21. The first-order chi connectivity index (χ1) is 8.66. The molecule has 90 valence electrons. The summed E-state index contributed by atoms with van der Waals surface area (Å²) in [5.74, 6) is 0.552. The van der Waals surface area contributed by atoms with E-state index < -0.39 is 0 Å². The monoisotopic (exact) mass is 255 g/mol. The molecule has 0 aliphatic rings. The van der Waals surface area contributed by atoms with Crippen molar-refractivity contribution >= 4 is 27.4 Å². The fourth-order valence-corrected chi connectivity index (χ4v) is 3.13. The summed E-state index contributed by atoms with van der Waals surface area (Å²) in [6.45, 7) is 4.21. The number of nitrogens with two attached hydrogens (primary N) is 1. The zero-order chi connectivity index (χ0) is 12.7. The molecule has 2 aromatic heterocycles. The van der Waals surface area contributed by atoms with E-state index in [2.05, 4.69) is 47.4 Å². The lowest BCUT2D eigenvalue weighted by Crippen LogP contribution is -1.92. The molecule has 0 aliphatic heterocycles. The molecule has 3 aromatic rings. The fraction of sp³-hybridized carbons (Fsp3) is 0.143. The van der Waals surface area contributed by atoms with Crippen molar-refractivity contribution in [3.8, 4) is 11.1 Å². The van der Waals surface area contributed by atoms with E-state index in [1.165, 1.54) is 23.0 Å². The molecule has 3 rings (SSSR count). The number of benzene rings is 1. The summed E-state index contributed by atoms with van der Waals surface area (Å²) in [5.41, 5.74) is 10.8. The Bertz CT molecular complexity index is 731. The molecule has 0 unspecified atom stereocenters. The van der Waals surface area contributed by atoms with Crippen LogP contribution in [0, 0.1) is 13.8 Å². The summed E-state index contributed by atoms with van der Waals surface area (Å²) in [5, 5.41) is 3.07. The van der Waals surface area contributed by atoms with Crippen LogP contribution >= 0.6 is 11.3 Å². The van der Waals surface area contributed by atoms with Gasteiger partial charge < -0.3 is 5.73 Å². The zero-order valence-corrected chi connectivity index (χ0v) is 11.1. The van der Waals surface area contributed by atoms with Crippen LogP contribution in [0.25, 0.3) is 21.3 Å². The van der Waals surface area contributed by atoms with Crippen LogP contribution in [0.1, 0.15) is 11.1 Å². The first kappa shape index (κ1) is 11.2. The minimum Gasteiger partial charge on any atom is -0.383 e. The highest BCUT2D eigenvalue weighted by Crippen LogP contribution is 2.36. The van der Waals surface area contributed by atoms with Crippen molar-refractivity contribution in [3.63, 3.8) is 0 Å². The number of nitrogen functional groups attached to an aromatic ring is 1. The summed E-state index contributed by atoms with van der Waals surface area (Å²) in [4.78, 5) is 9.29. The van der Waals surface area contributed by atoms with Crippen LogP contribution < -0.4 is 5.73 Å². The molecule has 0 saturated heterocycles. The summed E-state index contributed by atoms with van der Waals surface area (Å²) >= 11 is 1.60. The second kappa shape index (κ2) is 4.07. The first-order valence-corrected chi connectivity index (χ1v) is 6.60. The third-order valence-corrected chi connectivity index (χ3v) is 3.96. The van der Waals surface area contributed by atoms with Gasteiger partial charge >= 0.3 is 0 Å². The zero-order valence-electron chi connectivity index (χ0n) is 10.3. The number of aromatic nitrogens is 2. The summed E-state index contributed by atoms with van der Waals surface area (Å²) in [6.07, 6.45) is 1.51. The van der Waals surface area contributed by atoms with Gasteiger partial charge in [-0.25, -0.2) is 9.97 Å². The smallest absolute Gasteiger partial charge is 0.136 e. The Kier molecular flexibility index (Phi) is 2.52. The molecule has 0 bridgehead atoms. The van der Waals surface area contributed by atoms with Crippen molar-refractivity contribution < 1.29 is 0 Å². The SMILES string of the molecule is Cc1ccc(-c2csc3ncnc(N)c23)c(C)c1. The molecular formula is C14H13N3S. The van der Waals surface area contributed by atoms with E-state index in [4.69, 9.17) is 5.73 Å². The van der Waals surface area contributed by atoms with E-state index in [9.17, 15) is 0 Å². The first-order valence-electron chi connectivity index (χ1n) is 5.72. The van der Waals surface area contributed by atoms with E-state index in [0.717, 1.165) is 15.8 Å². The van der Waals surface area contributed by atoms with Crippen LogP contribution in [-0.2, 0) is 0 Å². The second-order valence-electron chi connectivity index (χ2n) is 4.41. The Morgan fingerprint density at radius 1 is 1.11 bits per heavy atom. The van der Waals surface area contributed by atoms with Gasteiger partial charge in [-0.3, -0.25) is 0 Å². The average Bonchev–Trinajstić information content (AvgIpc) is 2.74. The van der Waals surface area contributed by atoms with Gasteiger partial charge in [0.05, 0.1) is 5.39 Å². The molecule has 0 fully saturated rings. The van der Waals surface area contributed by atoms with Crippen molar-refractivity contribution in [2.24, 2.45) is 0 Å². The third kappa shape index (κ3) is 1.66. The Morgan fingerprint density at radius 2 is 1.94 bits per heavy atom. The molecule has 0 saturated carbocycles. The molecule has 1 aromatic carbocycles. The largest absolute Gasteiger partial charge is 0.383 e. The van der Waals surface area contributed by atoms with Crippen LogP contribution in [0.5, 0.6) is 0 Å².